The lowest BCUT2D eigenvalue weighted by Crippen LogP contribution is -2.15. The highest BCUT2D eigenvalue weighted by molar-refractivity contribution is 6.32. The second-order valence-electron chi connectivity index (χ2n) is 4.52. The van der Waals surface area contributed by atoms with Crippen LogP contribution in [-0.4, -0.2) is 21.5 Å². The van der Waals surface area contributed by atoms with Gasteiger partial charge in [-0.2, -0.15) is 13.2 Å². The average molecular weight is 364 g/mol. The number of carboxylic acids is 1. The molecule has 10 heteroatoms. The largest absolute Gasteiger partial charge is 0.478 e. The molecule has 0 aliphatic heterocycles. The van der Waals surface area contributed by atoms with Crippen LogP contribution < -0.4 is 9.96 Å². The van der Waals surface area contributed by atoms with E-state index in [0.29, 0.717) is 6.07 Å². The monoisotopic (exact) mass is 363 g/mol. The van der Waals surface area contributed by atoms with Crippen molar-refractivity contribution < 1.29 is 38.2 Å². The van der Waals surface area contributed by atoms with Crippen LogP contribution in [0.1, 0.15) is 15.9 Å². The Morgan fingerprint density at radius 3 is 2.29 bits per heavy atom. The summed E-state index contributed by atoms with van der Waals surface area (Å²) in [6.07, 6.45) is -4.56. The molecule has 3 N–H and O–H groups in total. The van der Waals surface area contributed by atoms with Gasteiger partial charge in [0.25, 0.3) is 0 Å². The van der Waals surface area contributed by atoms with Crippen molar-refractivity contribution in [2.24, 2.45) is 0 Å². The van der Waals surface area contributed by atoms with Gasteiger partial charge in [0.1, 0.15) is 17.2 Å². The highest BCUT2D eigenvalue weighted by Gasteiger charge is 2.31. The number of hydrogen-bond donors (Lipinski definition) is 3. The molecule has 128 valence electrons. The van der Waals surface area contributed by atoms with Gasteiger partial charge in [0.15, 0.2) is 0 Å². The molecule has 6 nitrogen and oxygen atoms in total. The normalized spacial score (nSPS) is 11.2. The minimum Gasteiger partial charge on any atom is -0.478 e. The molecular formula is C14H9ClF3NO5. The van der Waals surface area contributed by atoms with Gasteiger partial charge in [-0.3, -0.25) is 10.4 Å². The molecule has 0 radical (unpaired) electrons. The van der Waals surface area contributed by atoms with Gasteiger partial charge in [-0.15, -0.1) is 5.23 Å². The number of halogens is 4. The van der Waals surface area contributed by atoms with E-state index in [1.165, 1.54) is 6.07 Å². The summed E-state index contributed by atoms with van der Waals surface area (Å²) in [7, 11) is 0. The Hall–Kier alpha value is -2.49. The second-order valence-corrected chi connectivity index (χ2v) is 4.93. The number of carboxylic acid groups (broad SMARTS) is 1. The Kier molecular flexibility index (Phi) is 4.88. The van der Waals surface area contributed by atoms with Gasteiger partial charge in [-0.1, -0.05) is 11.6 Å². The van der Waals surface area contributed by atoms with Crippen molar-refractivity contribution in [3.8, 4) is 11.5 Å². The maximum Gasteiger partial charge on any atom is 0.416 e. The van der Waals surface area contributed by atoms with Crippen LogP contribution in [0, 0.1) is 0 Å². The Balaban J connectivity index is 2.35. The molecule has 0 atom stereocenters. The van der Waals surface area contributed by atoms with Crippen molar-refractivity contribution >= 4 is 23.3 Å². The third kappa shape index (κ3) is 3.88. The molecule has 0 bridgehead atoms. The second kappa shape index (κ2) is 6.56. The number of hydrogen-bond acceptors (Lipinski definition) is 5. The molecule has 0 spiro atoms. The van der Waals surface area contributed by atoms with Crippen LogP contribution in [0.15, 0.2) is 36.4 Å². The smallest absolute Gasteiger partial charge is 0.416 e. The molecule has 0 amide bonds. The number of rotatable bonds is 4. The third-order valence-electron chi connectivity index (χ3n) is 2.90. The molecule has 2 aromatic carbocycles. The fraction of sp³-hybridized carbons (Fsp3) is 0.0714. The van der Waals surface area contributed by atoms with Gasteiger partial charge in [0, 0.05) is 0 Å². The summed E-state index contributed by atoms with van der Waals surface area (Å²) in [4.78, 5) is 11.1. The van der Waals surface area contributed by atoms with Crippen LogP contribution in [0.5, 0.6) is 11.5 Å². The molecule has 0 aromatic heterocycles. The molecule has 0 unspecified atom stereocenters. The van der Waals surface area contributed by atoms with E-state index in [1.807, 2.05) is 0 Å². The zero-order chi connectivity index (χ0) is 18.1. The SMILES string of the molecule is O=C(O)c1cc(Oc2ccc(C(F)(F)F)cc2Cl)ccc1N(O)O. The van der Waals surface area contributed by atoms with Crippen molar-refractivity contribution in [1.29, 1.82) is 0 Å². The quantitative estimate of drug-likeness (QED) is 0.696. The van der Waals surface area contributed by atoms with Crippen molar-refractivity contribution in [2.75, 3.05) is 5.23 Å². The Morgan fingerprint density at radius 2 is 1.79 bits per heavy atom. The van der Waals surface area contributed by atoms with Gasteiger partial charge in [0.2, 0.25) is 0 Å². The highest BCUT2D eigenvalue weighted by atomic mass is 35.5. The Bertz CT molecular complexity index is 779. The minimum atomic E-state index is -4.56. The predicted octanol–water partition coefficient (Wildman–Crippen LogP) is 4.43. The number of benzene rings is 2. The summed E-state index contributed by atoms with van der Waals surface area (Å²) in [5, 5.41) is 26.2. The van der Waals surface area contributed by atoms with Crippen LogP contribution in [-0.2, 0) is 6.18 Å². The van der Waals surface area contributed by atoms with Crippen molar-refractivity contribution in [2.45, 2.75) is 6.18 Å². The van der Waals surface area contributed by atoms with E-state index in [2.05, 4.69) is 0 Å². The molecule has 24 heavy (non-hydrogen) atoms. The zero-order valence-corrected chi connectivity index (χ0v) is 12.3. The Labute approximate surface area is 137 Å². The van der Waals surface area contributed by atoms with Crippen molar-refractivity contribution in [3.63, 3.8) is 0 Å². The molecule has 0 heterocycles. The van der Waals surface area contributed by atoms with Crippen molar-refractivity contribution in [3.05, 3.63) is 52.5 Å². The molecule has 0 fully saturated rings. The van der Waals surface area contributed by atoms with Gasteiger partial charge in [-0.05, 0) is 36.4 Å². The summed E-state index contributed by atoms with van der Waals surface area (Å²) < 4.78 is 43.0. The van der Waals surface area contributed by atoms with Crippen LogP contribution in [0.3, 0.4) is 0 Å². The van der Waals surface area contributed by atoms with Gasteiger partial charge in [-0.25, -0.2) is 4.79 Å². The lowest BCUT2D eigenvalue weighted by molar-refractivity contribution is -0.137. The molecule has 0 saturated heterocycles. The van der Waals surface area contributed by atoms with E-state index in [4.69, 9.17) is 31.9 Å². The molecule has 0 aliphatic carbocycles. The first-order valence-corrected chi connectivity index (χ1v) is 6.57. The predicted molar refractivity (Wildman–Crippen MR) is 76.0 cm³/mol. The fourth-order valence-corrected chi connectivity index (χ4v) is 2.03. The lowest BCUT2D eigenvalue weighted by Gasteiger charge is -2.14. The maximum absolute atomic E-state index is 12.6. The summed E-state index contributed by atoms with van der Waals surface area (Å²) in [6.45, 7) is 0. The number of aromatic carboxylic acids is 1. The van der Waals surface area contributed by atoms with Crippen LogP contribution >= 0.6 is 11.6 Å². The van der Waals surface area contributed by atoms with Gasteiger partial charge < -0.3 is 9.84 Å². The zero-order valence-electron chi connectivity index (χ0n) is 11.6. The van der Waals surface area contributed by atoms with Gasteiger partial charge >= 0.3 is 12.1 Å². The molecular weight excluding hydrogens is 355 g/mol. The van der Waals surface area contributed by atoms with Crippen LogP contribution in [0.25, 0.3) is 0 Å². The van der Waals surface area contributed by atoms with E-state index in [9.17, 15) is 18.0 Å². The number of carbonyl (C=O) groups is 1. The standard InChI is InChI=1S/C14H9ClF3NO5/c15-10-5-7(14(16,17)18)1-4-12(10)24-8-2-3-11(19(22)23)9(6-8)13(20)21/h1-6,22-23H,(H,20,21). The Morgan fingerprint density at radius 1 is 1.12 bits per heavy atom. The number of anilines is 1. The molecule has 0 saturated carbocycles. The van der Waals surface area contributed by atoms with E-state index in [1.54, 1.807) is 0 Å². The first kappa shape index (κ1) is 17.9. The summed E-state index contributed by atoms with van der Waals surface area (Å²) >= 11 is 5.74. The third-order valence-corrected chi connectivity index (χ3v) is 3.20. The molecule has 0 aliphatic rings. The lowest BCUT2D eigenvalue weighted by atomic mass is 10.1. The highest BCUT2D eigenvalue weighted by Crippen LogP contribution is 2.37. The summed E-state index contributed by atoms with van der Waals surface area (Å²) in [6, 6.07) is 5.62. The van der Waals surface area contributed by atoms with E-state index in [0.717, 1.165) is 24.3 Å². The summed E-state index contributed by atoms with van der Waals surface area (Å²) in [5.74, 6) is -1.67. The molecule has 2 rings (SSSR count). The first-order chi connectivity index (χ1) is 11.1. The van der Waals surface area contributed by atoms with Gasteiger partial charge in [0.05, 0.1) is 16.1 Å². The van der Waals surface area contributed by atoms with Crippen LogP contribution in [0.4, 0.5) is 18.9 Å². The number of ether oxygens (including phenoxy) is 1. The topological polar surface area (TPSA) is 90.2 Å². The summed E-state index contributed by atoms with van der Waals surface area (Å²) in [5.41, 5.74) is -1.88. The van der Waals surface area contributed by atoms with E-state index in [-0.39, 0.29) is 21.7 Å². The van der Waals surface area contributed by atoms with E-state index >= 15 is 0 Å². The first-order valence-electron chi connectivity index (χ1n) is 6.19. The fourth-order valence-electron chi connectivity index (χ4n) is 1.81. The van der Waals surface area contributed by atoms with Crippen molar-refractivity contribution in [1.82, 2.24) is 0 Å². The average Bonchev–Trinajstić information content (AvgIpc) is 2.47. The number of alkyl halides is 3. The minimum absolute atomic E-state index is 0.0698. The van der Waals surface area contributed by atoms with E-state index < -0.39 is 29.0 Å². The van der Waals surface area contributed by atoms with Crippen LogP contribution in [0.2, 0.25) is 5.02 Å². The maximum atomic E-state index is 12.6. The number of nitrogens with zero attached hydrogens (tertiary/aromatic N) is 1. The molecule has 2 aromatic rings.